The average Bonchev–Trinajstić information content (AvgIpc) is 3.08. The fourth-order valence-corrected chi connectivity index (χ4v) is 4.43. The van der Waals surface area contributed by atoms with E-state index >= 15 is 0 Å². The summed E-state index contributed by atoms with van der Waals surface area (Å²) in [6.45, 7) is 22.6. The second kappa shape index (κ2) is 43.7. The van der Waals surface area contributed by atoms with Crippen molar-refractivity contribution >= 4 is 71.2 Å². The number of anilines is 2. The third-order valence-corrected chi connectivity index (χ3v) is 6.65. The number of benzene rings is 4. The van der Waals surface area contributed by atoms with Crippen LogP contribution >= 0.6 is 0 Å². The summed E-state index contributed by atoms with van der Waals surface area (Å²) >= 11 is 0. The molecule has 65 heavy (non-hydrogen) atoms. The number of carboxylic acids is 6. The van der Waals surface area contributed by atoms with Gasteiger partial charge in [-0.15, -0.1) is 0 Å². The number of rotatable bonds is 6. The van der Waals surface area contributed by atoms with Crippen LogP contribution in [0.1, 0.15) is 86.1 Å². The number of nitrogens with one attached hydrogen (secondary N) is 2. The van der Waals surface area contributed by atoms with Crippen molar-refractivity contribution < 1.29 is 118 Å². The third-order valence-electron chi connectivity index (χ3n) is 6.65. The Morgan fingerprint density at radius 2 is 0.492 bits per heavy atom. The van der Waals surface area contributed by atoms with E-state index < -0.39 is 35.8 Å². The zero-order valence-electron chi connectivity index (χ0n) is 40.0. The van der Waals surface area contributed by atoms with Gasteiger partial charge in [0, 0.05) is 47.2 Å². The maximum atomic E-state index is 8.89. The first-order chi connectivity index (χ1) is 28.6. The van der Waals surface area contributed by atoms with Gasteiger partial charge in [-0.25, -0.2) is 9.98 Å². The number of para-hydroxylation sites is 4. The van der Waals surface area contributed by atoms with Gasteiger partial charge in [0.25, 0.3) is 0 Å². The van der Waals surface area contributed by atoms with Crippen LogP contribution in [0.4, 0.5) is 22.7 Å². The molecule has 19 heteroatoms. The van der Waals surface area contributed by atoms with Gasteiger partial charge in [0.1, 0.15) is 0 Å². The summed E-state index contributed by atoms with van der Waals surface area (Å²) in [5.41, 5.74) is 14.1. The van der Waals surface area contributed by atoms with Crippen LogP contribution in [0.25, 0.3) is 0 Å². The maximum Gasteiger partial charge on any atom is 2.00 e. The molecule has 0 bridgehead atoms. The van der Waals surface area contributed by atoms with Crippen molar-refractivity contribution in [3.63, 3.8) is 0 Å². The molecule has 0 fully saturated rings. The molecular formula is C46H58N4O12Zn3. The number of carboxylic acid groups (broad SMARTS) is 6. The molecule has 0 aliphatic heterocycles. The van der Waals surface area contributed by atoms with E-state index in [1.807, 2.05) is 0 Å². The average molecular weight is 1060 g/mol. The van der Waals surface area contributed by atoms with E-state index in [1.54, 1.807) is 12.7 Å². The number of carbonyl (C=O) groups excluding carboxylic acids is 6. The summed E-state index contributed by atoms with van der Waals surface area (Å²) < 4.78 is 0. The van der Waals surface area contributed by atoms with Gasteiger partial charge >= 0.3 is 58.4 Å². The minimum absolute atomic E-state index is 0. The Bertz CT molecular complexity index is 1790. The summed E-state index contributed by atoms with van der Waals surface area (Å²) in [6, 6.07) is 25.0. The van der Waals surface area contributed by atoms with Gasteiger partial charge in [0.2, 0.25) is 0 Å². The Kier molecular flexibility index (Phi) is 49.7. The van der Waals surface area contributed by atoms with Crippen LogP contribution in [0.15, 0.2) is 82.8 Å². The fraction of sp³-hybridized carbons (Fsp3) is 0.304. The predicted octanol–water partition coefficient (Wildman–Crippen LogP) is 1.91. The molecule has 4 rings (SSSR count). The van der Waals surface area contributed by atoms with Gasteiger partial charge in [0.15, 0.2) is 0 Å². The Morgan fingerprint density at radius 3 is 0.646 bits per heavy atom. The number of aliphatic imine (C=N–C) groups is 2. The molecule has 340 valence electrons. The summed E-state index contributed by atoms with van der Waals surface area (Å²) in [5, 5.41) is 59.9. The van der Waals surface area contributed by atoms with E-state index in [-0.39, 0.29) is 58.4 Å². The van der Waals surface area contributed by atoms with Crippen molar-refractivity contribution in [1.82, 2.24) is 0 Å². The van der Waals surface area contributed by atoms with Crippen LogP contribution in [-0.2, 0) is 87.2 Å². The van der Waals surface area contributed by atoms with Crippen molar-refractivity contribution in [3.05, 3.63) is 117 Å². The summed E-state index contributed by atoms with van der Waals surface area (Å²) in [6.07, 6.45) is 3.56. The summed E-state index contributed by atoms with van der Waals surface area (Å²) in [7, 11) is 0. The first kappa shape index (κ1) is 73.9. The normalized spacial score (nSPS) is 8.71. The Labute approximate surface area is 421 Å². The van der Waals surface area contributed by atoms with Gasteiger partial charge in [-0.3, -0.25) is 0 Å². The van der Waals surface area contributed by atoms with Crippen molar-refractivity contribution in [3.8, 4) is 0 Å². The third kappa shape index (κ3) is 47.8. The van der Waals surface area contributed by atoms with E-state index in [0.29, 0.717) is 0 Å². The summed E-state index contributed by atoms with van der Waals surface area (Å²) in [5.74, 6) is -6.50. The predicted molar refractivity (Wildman–Crippen MR) is 231 cm³/mol. The fourth-order valence-electron chi connectivity index (χ4n) is 4.43. The molecule has 0 amide bonds. The van der Waals surface area contributed by atoms with Crippen molar-refractivity contribution in [1.29, 1.82) is 0 Å². The molecule has 0 unspecified atom stereocenters. The second-order valence-electron chi connectivity index (χ2n) is 12.8. The first-order valence-corrected chi connectivity index (χ1v) is 18.5. The molecule has 0 aromatic heterocycles. The van der Waals surface area contributed by atoms with Crippen LogP contribution in [0.2, 0.25) is 0 Å². The minimum atomic E-state index is -1.08. The molecular weight excluding hydrogens is 997 g/mol. The van der Waals surface area contributed by atoms with E-state index in [4.69, 9.17) is 59.4 Å². The van der Waals surface area contributed by atoms with Gasteiger partial charge in [-0.2, -0.15) is 0 Å². The van der Waals surface area contributed by atoms with E-state index in [1.165, 1.54) is 44.5 Å². The maximum absolute atomic E-state index is 8.89. The van der Waals surface area contributed by atoms with Crippen molar-refractivity contribution in [2.75, 3.05) is 10.6 Å². The van der Waals surface area contributed by atoms with Gasteiger partial charge in [-0.1, -0.05) is 72.8 Å². The standard InChI is InChI=1S/2C17H20N2.6C2H4O2.3Zn/c2*1-12-7-5-8-13(2)16(12)18-11-19-17-14(3)9-6-10-15(17)4;6*1-2(3)4;;;/h2*5-11H,1-4H3,(H,18,19);6*1H3,(H,3,4);;;/q;;;;;;;;3*+2/p-6. The summed E-state index contributed by atoms with van der Waals surface area (Å²) in [4.78, 5) is 62.4. The molecule has 0 spiro atoms. The molecule has 0 saturated heterocycles. The molecule has 0 heterocycles. The number of nitrogens with zero attached hydrogens (tertiary/aromatic N) is 2. The molecule has 4 aromatic carbocycles. The molecule has 0 saturated carbocycles. The van der Waals surface area contributed by atoms with Crippen LogP contribution in [0.5, 0.6) is 0 Å². The van der Waals surface area contributed by atoms with Crippen molar-refractivity contribution in [2.45, 2.75) is 96.9 Å². The molecule has 0 aliphatic rings. The number of hydrogen-bond acceptors (Lipinski definition) is 14. The molecule has 0 atom stereocenters. The van der Waals surface area contributed by atoms with E-state index in [0.717, 1.165) is 64.3 Å². The van der Waals surface area contributed by atoms with Crippen LogP contribution in [-0.4, -0.2) is 48.5 Å². The number of aliphatic carboxylic acids is 6. The molecule has 0 aliphatic carbocycles. The van der Waals surface area contributed by atoms with Crippen molar-refractivity contribution in [2.24, 2.45) is 9.98 Å². The molecule has 2 N–H and O–H groups in total. The Balaban J connectivity index is -0.000000135. The number of carbonyl (C=O) groups is 6. The number of aryl methyl sites for hydroxylation is 8. The van der Waals surface area contributed by atoms with Crippen LogP contribution in [0.3, 0.4) is 0 Å². The quantitative estimate of drug-likeness (QED) is 0.159. The zero-order valence-corrected chi connectivity index (χ0v) is 48.9. The largest absolute Gasteiger partial charge is 2.00 e. The Hall–Kier alpha value is -5.49. The van der Waals surface area contributed by atoms with Gasteiger partial charge < -0.3 is 70.0 Å². The van der Waals surface area contributed by atoms with E-state index in [2.05, 4.69) is 149 Å². The topological polar surface area (TPSA) is 290 Å². The number of hydrogen-bond donors (Lipinski definition) is 2. The molecule has 16 nitrogen and oxygen atoms in total. The Morgan fingerprint density at radius 1 is 0.354 bits per heavy atom. The van der Waals surface area contributed by atoms with Crippen LogP contribution in [0, 0.1) is 55.4 Å². The molecule has 0 radical (unpaired) electrons. The van der Waals surface area contributed by atoms with Gasteiger partial charge in [-0.05, 0) is 141 Å². The monoisotopic (exact) mass is 1050 g/mol. The SMILES string of the molecule is CC(=O)[O-].CC(=O)[O-].CC(=O)[O-].CC(=O)[O-].CC(=O)[O-].CC(=O)[O-].Cc1cccc(C)c1N=CNc1c(C)cccc1C.Cc1cccc(C)c1N=CNc1c(C)cccc1C.[Zn+2].[Zn+2].[Zn+2]. The second-order valence-corrected chi connectivity index (χ2v) is 12.8. The van der Waals surface area contributed by atoms with E-state index in [9.17, 15) is 0 Å². The minimum Gasteiger partial charge on any atom is -0.550 e. The molecule has 4 aromatic rings. The zero-order chi connectivity index (χ0) is 49.1. The van der Waals surface area contributed by atoms with Crippen LogP contribution < -0.4 is 41.3 Å². The van der Waals surface area contributed by atoms with Gasteiger partial charge in [0.05, 0.1) is 24.1 Å². The first-order valence-electron chi connectivity index (χ1n) is 18.5. The smallest absolute Gasteiger partial charge is 0.550 e.